The Hall–Kier alpha value is -2.99. The Bertz CT molecular complexity index is 896. The van der Waals surface area contributed by atoms with E-state index < -0.39 is 5.97 Å². The number of hydrogen-bond donors (Lipinski definition) is 0. The zero-order chi connectivity index (χ0) is 17.6. The number of aromatic nitrogens is 2. The summed E-state index contributed by atoms with van der Waals surface area (Å²) in [7, 11) is 0. The summed E-state index contributed by atoms with van der Waals surface area (Å²) in [5, 5.41) is 6.17. The van der Waals surface area contributed by atoms with Crippen molar-refractivity contribution in [3.05, 3.63) is 76.3 Å². The van der Waals surface area contributed by atoms with Crippen molar-refractivity contribution in [3.63, 3.8) is 0 Å². The van der Waals surface area contributed by atoms with Gasteiger partial charge in [0.15, 0.2) is 11.5 Å². The molecule has 0 amide bonds. The first-order chi connectivity index (χ1) is 12.2. The monoisotopic (exact) mass is 352 g/mol. The smallest absolute Gasteiger partial charge is 0.359 e. The maximum Gasteiger partial charge on any atom is 0.359 e. The molecule has 5 nitrogen and oxygen atoms in total. The van der Waals surface area contributed by atoms with Crippen LogP contribution in [0.25, 0.3) is 11.8 Å². The molecule has 0 spiro atoms. The lowest BCUT2D eigenvalue weighted by Gasteiger charge is -2.00. The number of carbonyl (C=O) groups is 2. The molecule has 0 aliphatic carbocycles. The number of rotatable bonds is 6. The molecule has 2 aromatic heterocycles. The molecule has 0 saturated heterocycles. The molecular weight excluding hydrogens is 336 g/mol. The lowest BCUT2D eigenvalue weighted by atomic mass is 10.2. The zero-order valence-corrected chi connectivity index (χ0v) is 14.4. The standard InChI is InChI=1S/C19H16N2O3S/c1-2-24-19(23)18-14(10-11-16(22)17-9-6-12-25-17)13-21(20-18)15-7-4-3-5-8-15/h3-13H,2H2,1H3. The van der Waals surface area contributed by atoms with Crippen LogP contribution in [-0.2, 0) is 4.74 Å². The summed E-state index contributed by atoms with van der Waals surface area (Å²) < 4.78 is 6.66. The molecule has 0 N–H and O–H groups in total. The second-order valence-corrected chi connectivity index (χ2v) is 6.06. The van der Waals surface area contributed by atoms with Gasteiger partial charge in [-0.15, -0.1) is 11.3 Å². The van der Waals surface area contributed by atoms with Gasteiger partial charge in [0.25, 0.3) is 0 Å². The van der Waals surface area contributed by atoms with Crippen LogP contribution < -0.4 is 0 Å². The minimum atomic E-state index is -0.514. The summed E-state index contributed by atoms with van der Waals surface area (Å²) >= 11 is 1.37. The number of para-hydroxylation sites is 1. The van der Waals surface area contributed by atoms with Gasteiger partial charge in [-0.3, -0.25) is 4.79 Å². The Balaban J connectivity index is 1.94. The third-order valence-electron chi connectivity index (χ3n) is 3.41. The average molecular weight is 352 g/mol. The fourth-order valence-electron chi connectivity index (χ4n) is 2.25. The Morgan fingerprint density at radius 1 is 1.20 bits per heavy atom. The second-order valence-electron chi connectivity index (χ2n) is 5.11. The van der Waals surface area contributed by atoms with Crippen LogP contribution in [0, 0.1) is 0 Å². The third kappa shape index (κ3) is 3.92. The number of hydrogen-bond acceptors (Lipinski definition) is 5. The molecule has 6 heteroatoms. The van der Waals surface area contributed by atoms with E-state index in [1.165, 1.54) is 17.4 Å². The molecule has 3 rings (SSSR count). The van der Waals surface area contributed by atoms with Crippen LogP contribution in [0.1, 0.15) is 32.6 Å². The van der Waals surface area contributed by atoms with Gasteiger partial charge < -0.3 is 4.74 Å². The summed E-state index contributed by atoms with van der Waals surface area (Å²) in [5.74, 6) is -0.627. The van der Waals surface area contributed by atoms with E-state index in [-0.39, 0.29) is 18.1 Å². The molecule has 2 heterocycles. The third-order valence-corrected chi connectivity index (χ3v) is 4.29. The molecule has 25 heavy (non-hydrogen) atoms. The Morgan fingerprint density at radius 2 is 2.00 bits per heavy atom. The number of carbonyl (C=O) groups excluding carboxylic acids is 2. The van der Waals surface area contributed by atoms with Crippen molar-refractivity contribution in [2.75, 3.05) is 6.61 Å². The summed E-state index contributed by atoms with van der Waals surface area (Å²) in [5.41, 5.74) is 1.53. The van der Waals surface area contributed by atoms with Crippen molar-refractivity contribution in [1.82, 2.24) is 9.78 Å². The highest BCUT2D eigenvalue weighted by molar-refractivity contribution is 7.12. The molecule has 0 saturated carbocycles. The zero-order valence-electron chi connectivity index (χ0n) is 13.6. The summed E-state index contributed by atoms with van der Waals surface area (Å²) in [6.07, 6.45) is 4.75. The van der Waals surface area contributed by atoms with Crippen molar-refractivity contribution < 1.29 is 14.3 Å². The van der Waals surface area contributed by atoms with E-state index in [0.717, 1.165) is 5.69 Å². The first-order valence-electron chi connectivity index (χ1n) is 7.77. The first kappa shape index (κ1) is 16.9. The molecule has 0 aliphatic heterocycles. The summed E-state index contributed by atoms with van der Waals surface area (Å²) in [4.78, 5) is 25.0. The van der Waals surface area contributed by atoms with Crippen molar-refractivity contribution in [1.29, 1.82) is 0 Å². The van der Waals surface area contributed by atoms with Gasteiger partial charge in [0, 0.05) is 11.8 Å². The van der Waals surface area contributed by atoms with Crippen LogP contribution in [-0.4, -0.2) is 28.1 Å². The van der Waals surface area contributed by atoms with Crippen LogP contribution in [0.2, 0.25) is 0 Å². The number of ether oxygens (including phenoxy) is 1. The van der Waals surface area contributed by atoms with E-state index in [0.29, 0.717) is 10.4 Å². The van der Waals surface area contributed by atoms with Crippen LogP contribution >= 0.6 is 11.3 Å². The average Bonchev–Trinajstić information content (AvgIpc) is 3.30. The lowest BCUT2D eigenvalue weighted by Crippen LogP contribution is -2.08. The summed E-state index contributed by atoms with van der Waals surface area (Å²) in [6.45, 7) is 2.00. The second kappa shape index (κ2) is 7.72. The molecule has 0 atom stereocenters. The Kier molecular flexibility index (Phi) is 5.20. The Morgan fingerprint density at radius 3 is 2.68 bits per heavy atom. The molecule has 0 fully saturated rings. The molecule has 126 valence electrons. The molecule has 0 bridgehead atoms. The van der Waals surface area contributed by atoms with Gasteiger partial charge in [-0.25, -0.2) is 9.48 Å². The largest absolute Gasteiger partial charge is 0.461 e. The fraction of sp³-hybridized carbons (Fsp3) is 0.105. The van der Waals surface area contributed by atoms with E-state index in [2.05, 4.69) is 5.10 Å². The normalized spacial score (nSPS) is 10.9. The summed E-state index contributed by atoms with van der Waals surface area (Å²) in [6, 6.07) is 13.0. The predicted molar refractivity (Wildman–Crippen MR) is 97.2 cm³/mol. The van der Waals surface area contributed by atoms with Gasteiger partial charge in [-0.2, -0.15) is 5.10 Å². The molecule has 0 aliphatic rings. The minimum Gasteiger partial charge on any atom is -0.461 e. The first-order valence-corrected chi connectivity index (χ1v) is 8.65. The van der Waals surface area contributed by atoms with E-state index in [4.69, 9.17) is 4.74 Å². The number of nitrogens with zero attached hydrogens (tertiary/aromatic N) is 2. The van der Waals surface area contributed by atoms with Gasteiger partial charge >= 0.3 is 5.97 Å². The SMILES string of the molecule is CCOC(=O)c1nn(-c2ccccc2)cc1C=CC(=O)c1cccs1. The molecule has 1 aromatic carbocycles. The molecule has 0 radical (unpaired) electrons. The van der Waals surface area contributed by atoms with Crippen LogP contribution in [0.3, 0.4) is 0 Å². The highest BCUT2D eigenvalue weighted by Gasteiger charge is 2.17. The highest BCUT2D eigenvalue weighted by Crippen LogP contribution is 2.17. The van der Waals surface area contributed by atoms with E-state index in [1.807, 2.05) is 41.8 Å². The van der Waals surface area contributed by atoms with Crippen molar-refractivity contribution in [2.24, 2.45) is 0 Å². The topological polar surface area (TPSA) is 61.2 Å². The maximum atomic E-state index is 12.2. The number of ketones is 1. The number of thiophene rings is 1. The van der Waals surface area contributed by atoms with Gasteiger partial charge in [0.1, 0.15) is 0 Å². The fourth-order valence-corrected chi connectivity index (χ4v) is 2.89. The maximum absolute atomic E-state index is 12.2. The van der Waals surface area contributed by atoms with E-state index in [9.17, 15) is 9.59 Å². The number of benzene rings is 1. The van der Waals surface area contributed by atoms with Crippen LogP contribution in [0.4, 0.5) is 0 Å². The van der Waals surface area contributed by atoms with Crippen molar-refractivity contribution in [2.45, 2.75) is 6.92 Å². The van der Waals surface area contributed by atoms with Gasteiger partial charge in [-0.1, -0.05) is 24.3 Å². The van der Waals surface area contributed by atoms with E-state index >= 15 is 0 Å². The van der Waals surface area contributed by atoms with Crippen molar-refractivity contribution >= 4 is 29.2 Å². The lowest BCUT2D eigenvalue weighted by molar-refractivity contribution is 0.0518. The van der Waals surface area contributed by atoms with Crippen molar-refractivity contribution in [3.8, 4) is 5.69 Å². The van der Waals surface area contributed by atoms with Gasteiger partial charge in [0.2, 0.25) is 0 Å². The molecular formula is C19H16N2O3S. The Labute approximate surface area is 149 Å². The molecule has 3 aromatic rings. The van der Waals surface area contributed by atoms with E-state index in [1.54, 1.807) is 29.9 Å². The quantitative estimate of drug-likeness (QED) is 0.382. The van der Waals surface area contributed by atoms with Gasteiger partial charge in [-0.05, 0) is 42.7 Å². The molecule has 0 unspecified atom stereocenters. The minimum absolute atomic E-state index is 0.114. The number of allylic oxidation sites excluding steroid dienone is 1. The predicted octanol–water partition coefficient (Wildman–Crippen LogP) is 4.01. The van der Waals surface area contributed by atoms with Crippen LogP contribution in [0.5, 0.6) is 0 Å². The highest BCUT2D eigenvalue weighted by atomic mass is 32.1. The van der Waals surface area contributed by atoms with Crippen LogP contribution in [0.15, 0.2) is 60.1 Å². The van der Waals surface area contributed by atoms with Gasteiger partial charge in [0.05, 0.1) is 17.2 Å². The number of esters is 1.